The van der Waals surface area contributed by atoms with Crippen molar-refractivity contribution in [1.29, 1.82) is 0 Å². The molecule has 6 heteroatoms. The molecule has 1 fully saturated rings. The van der Waals surface area contributed by atoms with Crippen LogP contribution in [0.15, 0.2) is 18.2 Å². The molecule has 1 saturated heterocycles. The summed E-state index contributed by atoms with van der Waals surface area (Å²) in [5, 5.41) is 18.5. The fourth-order valence-electron chi connectivity index (χ4n) is 1.94. The number of carboxylic acids is 1. The van der Waals surface area contributed by atoms with Gasteiger partial charge >= 0.3 is 5.97 Å². The highest BCUT2D eigenvalue weighted by molar-refractivity contribution is 5.72. The maximum absolute atomic E-state index is 10.9. The van der Waals surface area contributed by atoms with E-state index in [2.05, 4.69) is 0 Å². The average Bonchev–Trinajstić information content (AvgIpc) is 2.70. The molecule has 0 aromatic heterocycles. The van der Waals surface area contributed by atoms with Crippen LogP contribution in [-0.4, -0.2) is 34.7 Å². The van der Waals surface area contributed by atoms with Crippen LogP contribution >= 0.6 is 0 Å². The quantitative estimate of drug-likeness (QED) is 0.630. The van der Waals surface area contributed by atoms with Gasteiger partial charge in [0.15, 0.2) is 6.10 Å². The molecule has 27 heavy (non-hydrogen) atoms. The number of nitrogen functional groups attached to an aromatic ring is 1. The number of hydrogen-bond acceptors (Lipinski definition) is 5. The van der Waals surface area contributed by atoms with Gasteiger partial charge in [0.25, 0.3) is 0 Å². The Morgan fingerprint density at radius 3 is 2.04 bits per heavy atom. The lowest BCUT2D eigenvalue weighted by atomic mass is 10.1. The molecule has 160 valence electrons. The number of aliphatic hydroxyl groups excluding tert-OH is 1. The number of carboxylic acid groups (broad SMARTS) is 1. The maximum atomic E-state index is 10.9. The summed E-state index contributed by atoms with van der Waals surface area (Å²) in [7, 11) is 0. The highest BCUT2D eigenvalue weighted by Gasteiger charge is 2.33. The predicted molar refractivity (Wildman–Crippen MR) is 113 cm³/mol. The Hall–Kier alpha value is -1.79. The van der Waals surface area contributed by atoms with Crippen LogP contribution in [0.1, 0.15) is 73.8 Å². The molecule has 1 aliphatic heterocycles. The number of hydrogen-bond donors (Lipinski definition) is 3. The summed E-state index contributed by atoms with van der Waals surface area (Å²) in [6.07, 6.45) is -2.27. The largest absolute Gasteiger partial charge is 0.479 e. The first-order valence-electron chi connectivity index (χ1n) is 10.0. The van der Waals surface area contributed by atoms with Crippen LogP contribution in [0.3, 0.4) is 0 Å². The molecule has 4 N–H and O–H groups in total. The van der Waals surface area contributed by atoms with E-state index in [1.165, 1.54) is 0 Å². The lowest BCUT2D eigenvalue weighted by molar-refractivity contribution is -0.195. The molecule has 0 aliphatic carbocycles. The number of ether oxygens (including phenoxy) is 2. The van der Waals surface area contributed by atoms with Crippen molar-refractivity contribution in [3.63, 3.8) is 0 Å². The molecular weight excluding hydrogens is 346 g/mol. The van der Waals surface area contributed by atoms with Crippen LogP contribution in [0.5, 0.6) is 5.75 Å². The van der Waals surface area contributed by atoms with Crippen molar-refractivity contribution < 1.29 is 24.5 Å². The van der Waals surface area contributed by atoms with Gasteiger partial charge in [-0.3, -0.25) is 0 Å². The maximum Gasteiger partial charge on any atom is 0.333 e. The molecule has 3 atom stereocenters. The van der Waals surface area contributed by atoms with E-state index in [9.17, 15) is 9.90 Å². The van der Waals surface area contributed by atoms with Gasteiger partial charge in [-0.05, 0) is 18.6 Å². The Bertz CT molecular complexity index is 480. The van der Waals surface area contributed by atoms with Gasteiger partial charge in [0, 0.05) is 24.6 Å². The third kappa shape index (κ3) is 12.3. The van der Waals surface area contributed by atoms with Crippen LogP contribution in [0, 0.1) is 6.92 Å². The zero-order valence-corrected chi connectivity index (χ0v) is 18.6. The molecule has 1 aliphatic rings. The highest BCUT2D eigenvalue weighted by Crippen LogP contribution is 2.25. The van der Waals surface area contributed by atoms with E-state index >= 15 is 0 Å². The van der Waals surface area contributed by atoms with Gasteiger partial charge in [-0.15, -0.1) is 0 Å². The summed E-state index contributed by atoms with van der Waals surface area (Å²) >= 11 is 0. The molecule has 6 nitrogen and oxygen atoms in total. The number of aryl methyl sites for hydroxylation is 1. The molecule has 1 aromatic carbocycles. The van der Waals surface area contributed by atoms with Gasteiger partial charge in [0.05, 0.1) is 6.10 Å². The molecule has 1 aromatic rings. The van der Waals surface area contributed by atoms with E-state index in [0.717, 1.165) is 5.56 Å². The summed E-state index contributed by atoms with van der Waals surface area (Å²) < 4.78 is 10.8. The van der Waals surface area contributed by atoms with E-state index in [1.54, 1.807) is 18.2 Å². The first-order valence-corrected chi connectivity index (χ1v) is 10.0. The first kappa shape index (κ1) is 30.0. The minimum absolute atomic E-state index is 0.0746. The second kappa shape index (κ2) is 19.0. The lowest BCUT2D eigenvalue weighted by Crippen LogP contribution is -2.42. The van der Waals surface area contributed by atoms with Crippen molar-refractivity contribution in [3.8, 4) is 5.75 Å². The molecule has 0 amide bonds. The number of carbonyl (C=O) groups is 1. The summed E-state index contributed by atoms with van der Waals surface area (Å²) in [5.74, 6) is -0.609. The minimum Gasteiger partial charge on any atom is -0.479 e. The van der Waals surface area contributed by atoms with Crippen molar-refractivity contribution in [2.45, 2.75) is 93.7 Å². The number of aliphatic carboxylic acids is 1. The average molecular weight is 388 g/mol. The topological polar surface area (TPSA) is 102 Å². The Morgan fingerprint density at radius 1 is 1.07 bits per heavy atom. The zero-order chi connectivity index (χ0) is 22.0. The number of nitrogens with two attached hydrogens (primary N) is 1. The minimum atomic E-state index is -1.10. The van der Waals surface area contributed by atoms with Crippen molar-refractivity contribution in [2.24, 2.45) is 0 Å². The molecule has 0 saturated carbocycles. The van der Waals surface area contributed by atoms with Gasteiger partial charge in [-0.25, -0.2) is 4.79 Å². The van der Waals surface area contributed by atoms with Crippen molar-refractivity contribution >= 4 is 11.7 Å². The molecule has 1 heterocycles. The number of anilines is 1. The SMILES string of the molecule is CC.CC.CC.CC.Cc1ccc(OC2CC(O)CC(C(=O)O)O2)cc1N. The Balaban J connectivity index is -0.000000638. The Labute approximate surface area is 165 Å². The molecule has 0 spiro atoms. The molecule has 2 rings (SSSR count). The van der Waals surface area contributed by atoms with Crippen molar-refractivity contribution in [1.82, 2.24) is 0 Å². The van der Waals surface area contributed by atoms with Gasteiger partial charge in [0.2, 0.25) is 6.29 Å². The van der Waals surface area contributed by atoms with Crippen LogP contribution < -0.4 is 10.5 Å². The van der Waals surface area contributed by atoms with E-state index in [4.69, 9.17) is 20.3 Å². The standard InChI is InChI=1S/C13H17NO5.4C2H6/c1-7-2-3-9(6-10(7)14)18-12-5-8(15)4-11(19-12)13(16)17;4*1-2/h2-3,6,8,11-12,15H,4-5,14H2,1H3,(H,16,17);4*1-2H3. The van der Waals surface area contributed by atoms with Crippen LogP contribution in [-0.2, 0) is 9.53 Å². The lowest BCUT2D eigenvalue weighted by Gasteiger charge is -2.31. The van der Waals surface area contributed by atoms with Crippen molar-refractivity contribution in [3.05, 3.63) is 23.8 Å². The fourth-order valence-corrected chi connectivity index (χ4v) is 1.94. The second-order valence-corrected chi connectivity index (χ2v) is 4.65. The molecule has 0 radical (unpaired) electrons. The summed E-state index contributed by atoms with van der Waals surface area (Å²) in [4.78, 5) is 10.9. The van der Waals surface area contributed by atoms with Gasteiger partial charge in [0.1, 0.15) is 5.75 Å². The Morgan fingerprint density at radius 2 is 1.59 bits per heavy atom. The highest BCUT2D eigenvalue weighted by atomic mass is 16.7. The summed E-state index contributed by atoms with van der Waals surface area (Å²) in [5.41, 5.74) is 7.28. The van der Waals surface area contributed by atoms with E-state index in [-0.39, 0.29) is 12.8 Å². The number of rotatable bonds is 3. The predicted octanol–water partition coefficient (Wildman–Crippen LogP) is 5.01. The van der Waals surface area contributed by atoms with Crippen molar-refractivity contribution in [2.75, 3.05) is 5.73 Å². The number of benzene rings is 1. The molecular formula is C21H41NO5. The van der Waals surface area contributed by atoms with Crippen LogP contribution in [0.2, 0.25) is 0 Å². The van der Waals surface area contributed by atoms with E-state index < -0.39 is 24.5 Å². The van der Waals surface area contributed by atoms with Gasteiger partial charge in [-0.1, -0.05) is 61.5 Å². The van der Waals surface area contributed by atoms with Crippen LogP contribution in [0.4, 0.5) is 5.69 Å². The normalized spacial score (nSPS) is 19.9. The third-order valence-corrected chi connectivity index (χ3v) is 3.06. The zero-order valence-electron chi connectivity index (χ0n) is 18.6. The molecule has 3 unspecified atom stereocenters. The van der Waals surface area contributed by atoms with Crippen LogP contribution in [0.25, 0.3) is 0 Å². The number of aliphatic hydroxyl groups is 1. The summed E-state index contributed by atoms with van der Waals surface area (Å²) in [6.45, 7) is 17.9. The third-order valence-electron chi connectivity index (χ3n) is 3.06. The Kier molecular flexibility index (Phi) is 21.1. The monoisotopic (exact) mass is 387 g/mol. The van der Waals surface area contributed by atoms with Gasteiger partial charge in [-0.2, -0.15) is 0 Å². The smallest absolute Gasteiger partial charge is 0.333 e. The second-order valence-electron chi connectivity index (χ2n) is 4.65. The van der Waals surface area contributed by atoms with E-state index in [0.29, 0.717) is 11.4 Å². The molecule has 0 bridgehead atoms. The first-order chi connectivity index (χ1) is 13.0. The van der Waals surface area contributed by atoms with Gasteiger partial charge < -0.3 is 25.4 Å². The summed E-state index contributed by atoms with van der Waals surface area (Å²) in [6, 6.07) is 5.18. The fraction of sp³-hybridized carbons (Fsp3) is 0.667. The van der Waals surface area contributed by atoms with E-state index in [1.807, 2.05) is 62.3 Å².